The number of ether oxygens (including phenoxy) is 2. The van der Waals surface area contributed by atoms with Gasteiger partial charge in [-0.3, -0.25) is 4.90 Å². The molecule has 0 amide bonds. The van der Waals surface area contributed by atoms with Crippen LogP contribution in [0.3, 0.4) is 0 Å². The van der Waals surface area contributed by atoms with Crippen molar-refractivity contribution in [3.8, 4) is 17.2 Å². The van der Waals surface area contributed by atoms with Crippen molar-refractivity contribution in [3.05, 3.63) is 17.7 Å². The molecule has 0 bridgehead atoms. The van der Waals surface area contributed by atoms with E-state index < -0.39 is 18.6 Å². The summed E-state index contributed by atoms with van der Waals surface area (Å²) in [6.45, 7) is 2.61. The molecule has 1 heterocycles. The number of aromatic hydroxyl groups is 1. The second kappa shape index (κ2) is 9.35. The number of hydrogen-bond acceptors (Lipinski definition) is 5. The highest BCUT2D eigenvalue weighted by Crippen LogP contribution is 2.43. The minimum Gasteiger partial charge on any atom is -0.507 e. The number of nitrogens with zero attached hydrogens (tertiary/aromatic N) is 1. The number of piperazine rings is 1. The van der Waals surface area contributed by atoms with E-state index in [1.165, 1.54) is 20.3 Å². The van der Waals surface area contributed by atoms with Crippen molar-refractivity contribution >= 4 is 12.4 Å². The lowest BCUT2D eigenvalue weighted by Gasteiger charge is -2.36. The van der Waals surface area contributed by atoms with Gasteiger partial charge < -0.3 is 19.9 Å². The summed E-state index contributed by atoms with van der Waals surface area (Å²) in [4.78, 5) is 1.95. The van der Waals surface area contributed by atoms with Crippen molar-refractivity contribution in [2.24, 2.45) is 0 Å². The minimum atomic E-state index is -4.25. The number of rotatable bonds is 6. The van der Waals surface area contributed by atoms with Crippen LogP contribution < -0.4 is 14.8 Å². The third-order valence-corrected chi connectivity index (χ3v) is 4.18. The first-order valence-corrected chi connectivity index (χ1v) is 7.82. The minimum absolute atomic E-state index is 0. The normalized spacial score (nSPS) is 16.8. The third-order valence-electron chi connectivity index (χ3n) is 4.18. The van der Waals surface area contributed by atoms with Gasteiger partial charge >= 0.3 is 6.18 Å². The molecule has 1 aliphatic rings. The van der Waals surface area contributed by atoms with Gasteiger partial charge in [-0.25, -0.2) is 0 Å². The molecule has 1 saturated heterocycles. The van der Waals surface area contributed by atoms with Gasteiger partial charge in [0.05, 0.1) is 19.8 Å². The molecule has 2 rings (SSSR count). The fraction of sp³-hybridized carbons (Fsp3) is 0.625. The second-order valence-corrected chi connectivity index (χ2v) is 5.72. The van der Waals surface area contributed by atoms with E-state index in [2.05, 4.69) is 5.32 Å². The number of phenolic OH excluding ortho intramolecular Hbond substituents is 1. The van der Waals surface area contributed by atoms with Crippen LogP contribution in [0.25, 0.3) is 0 Å². The molecule has 1 fully saturated rings. The van der Waals surface area contributed by atoms with Gasteiger partial charge in [-0.1, -0.05) is 0 Å². The quantitative estimate of drug-likeness (QED) is 0.789. The molecule has 5 nitrogen and oxygen atoms in total. The van der Waals surface area contributed by atoms with Crippen molar-refractivity contribution in [3.63, 3.8) is 0 Å². The first-order valence-electron chi connectivity index (χ1n) is 7.82. The van der Waals surface area contributed by atoms with Gasteiger partial charge in [0.15, 0.2) is 0 Å². The molecule has 0 spiro atoms. The number of methoxy groups -OCH3 is 2. The Bertz CT molecular complexity index is 552. The number of benzene rings is 1. The molecule has 0 saturated carbocycles. The molecule has 144 valence electrons. The predicted molar refractivity (Wildman–Crippen MR) is 90.9 cm³/mol. The number of hydrogen-bond donors (Lipinski definition) is 2. The van der Waals surface area contributed by atoms with Crippen LogP contribution in [-0.2, 0) is 0 Å². The Hall–Kier alpha value is -1.38. The van der Waals surface area contributed by atoms with Crippen LogP contribution >= 0.6 is 12.4 Å². The molecule has 1 atom stereocenters. The van der Waals surface area contributed by atoms with E-state index in [9.17, 15) is 18.3 Å². The summed E-state index contributed by atoms with van der Waals surface area (Å²) in [5.74, 6) is 0.609. The molecule has 1 aliphatic heterocycles. The van der Waals surface area contributed by atoms with Crippen LogP contribution in [0.15, 0.2) is 12.1 Å². The van der Waals surface area contributed by atoms with Crippen LogP contribution in [0, 0.1) is 0 Å². The lowest BCUT2D eigenvalue weighted by atomic mass is 9.97. The molecule has 0 aliphatic carbocycles. The summed E-state index contributed by atoms with van der Waals surface area (Å²) in [7, 11) is 2.88. The van der Waals surface area contributed by atoms with E-state index in [1.807, 2.05) is 4.90 Å². The largest absolute Gasteiger partial charge is 0.507 e. The van der Waals surface area contributed by atoms with E-state index in [4.69, 9.17) is 9.47 Å². The first-order chi connectivity index (χ1) is 11.4. The zero-order valence-corrected chi connectivity index (χ0v) is 15.0. The lowest BCUT2D eigenvalue weighted by molar-refractivity contribution is -0.138. The molecule has 0 unspecified atom stereocenters. The van der Waals surface area contributed by atoms with E-state index in [0.717, 1.165) is 0 Å². The molecule has 9 heteroatoms. The van der Waals surface area contributed by atoms with Crippen LogP contribution in [0.1, 0.15) is 24.4 Å². The van der Waals surface area contributed by atoms with E-state index in [0.29, 0.717) is 43.2 Å². The summed E-state index contributed by atoms with van der Waals surface area (Å²) < 4.78 is 48.7. The Labute approximate surface area is 151 Å². The highest BCUT2D eigenvalue weighted by atomic mass is 35.5. The monoisotopic (exact) mass is 384 g/mol. The highest BCUT2D eigenvalue weighted by molar-refractivity contribution is 5.85. The Morgan fingerprint density at radius 2 is 1.84 bits per heavy atom. The van der Waals surface area contributed by atoms with E-state index >= 15 is 0 Å². The van der Waals surface area contributed by atoms with Gasteiger partial charge in [-0.15, -0.1) is 12.4 Å². The maximum Gasteiger partial charge on any atom is 0.389 e. The van der Waals surface area contributed by atoms with Crippen molar-refractivity contribution in [1.29, 1.82) is 0 Å². The van der Waals surface area contributed by atoms with Gasteiger partial charge in [0.2, 0.25) is 0 Å². The number of nitrogens with one attached hydrogen (secondary N) is 1. The SMILES string of the molecule is COc1cc(O)c([C@@H](CCC(F)(F)F)N2CCNCC2)c(OC)c1.Cl. The molecule has 0 aromatic heterocycles. The summed E-state index contributed by atoms with van der Waals surface area (Å²) in [5, 5.41) is 13.6. The van der Waals surface area contributed by atoms with Crippen molar-refractivity contribution in [2.45, 2.75) is 25.1 Å². The van der Waals surface area contributed by atoms with Gasteiger partial charge in [0, 0.05) is 50.8 Å². The fourth-order valence-corrected chi connectivity index (χ4v) is 3.01. The van der Waals surface area contributed by atoms with Crippen LogP contribution in [-0.4, -0.2) is 56.6 Å². The van der Waals surface area contributed by atoms with E-state index in [-0.39, 0.29) is 24.6 Å². The molecule has 1 aromatic carbocycles. The lowest BCUT2D eigenvalue weighted by Crippen LogP contribution is -2.45. The maximum absolute atomic E-state index is 12.8. The standard InChI is InChI=1S/C16H23F3N2O3.ClH/c1-23-11-9-13(22)15(14(10-11)24-2)12(3-4-16(17,18)19)21-7-5-20-6-8-21;/h9-10,12,20,22H,3-8H2,1-2H3;1H/t12-;/m1./s1. The Balaban J connectivity index is 0.00000312. The predicted octanol–water partition coefficient (Wildman–Crippen LogP) is 3.12. The molecular weight excluding hydrogens is 361 g/mol. The van der Waals surface area contributed by atoms with Crippen LogP contribution in [0.4, 0.5) is 13.2 Å². The summed E-state index contributed by atoms with van der Waals surface area (Å²) in [6.07, 6.45) is -5.31. The van der Waals surface area contributed by atoms with Crippen molar-refractivity contribution in [2.75, 3.05) is 40.4 Å². The summed E-state index contributed by atoms with van der Waals surface area (Å²) in [5.41, 5.74) is 0.379. The summed E-state index contributed by atoms with van der Waals surface area (Å²) >= 11 is 0. The molecule has 2 N–H and O–H groups in total. The van der Waals surface area contributed by atoms with Gasteiger partial charge in [-0.05, 0) is 6.42 Å². The first kappa shape index (κ1) is 21.7. The smallest absolute Gasteiger partial charge is 0.389 e. The van der Waals surface area contributed by atoms with Gasteiger partial charge in [-0.2, -0.15) is 13.2 Å². The van der Waals surface area contributed by atoms with Crippen LogP contribution in [0.5, 0.6) is 17.2 Å². The molecule has 1 aromatic rings. The van der Waals surface area contributed by atoms with E-state index in [1.54, 1.807) is 6.07 Å². The number of alkyl halides is 3. The Morgan fingerprint density at radius 1 is 1.20 bits per heavy atom. The summed E-state index contributed by atoms with van der Waals surface area (Å²) in [6, 6.07) is 2.41. The van der Waals surface area contributed by atoms with Gasteiger partial charge in [0.25, 0.3) is 0 Å². The molecule has 25 heavy (non-hydrogen) atoms. The third kappa shape index (κ3) is 5.83. The maximum atomic E-state index is 12.8. The second-order valence-electron chi connectivity index (χ2n) is 5.72. The Morgan fingerprint density at radius 3 is 2.36 bits per heavy atom. The van der Waals surface area contributed by atoms with Crippen molar-refractivity contribution < 1.29 is 27.8 Å². The average Bonchev–Trinajstić information content (AvgIpc) is 2.55. The van der Waals surface area contributed by atoms with Crippen LogP contribution in [0.2, 0.25) is 0 Å². The average molecular weight is 385 g/mol. The zero-order chi connectivity index (χ0) is 17.7. The molecular formula is C16H24ClF3N2O3. The Kier molecular flexibility index (Phi) is 8.11. The number of halogens is 4. The highest BCUT2D eigenvalue weighted by Gasteiger charge is 2.34. The van der Waals surface area contributed by atoms with Gasteiger partial charge in [0.1, 0.15) is 17.2 Å². The number of phenols is 1. The fourth-order valence-electron chi connectivity index (χ4n) is 3.01. The zero-order valence-electron chi connectivity index (χ0n) is 14.2. The molecule has 0 radical (unpaired) electrons. The van der Waals surface area contributed by atoms with Crippen molar-refractivity contribution in [1.82, 2.24) is 10.2 Å². The topological polar surface area (TPSA) is 54.0 Å².